The maximum Gasteiger partial charge on any atom is 0.283 e. The van der Waals surface area contributed by atoms with E-state index in [9.17, 15) is 22.9 Å². The Bertz CT molecular complexity index is 1130. The van der Waals surface area contributed by atoms with E-state index in [0.717, 1.165) is 40.1 Å². The highest BCUT2D eigenvalue weighted by molar-refractivity contribution is 7.99. The SMILES string of the molecule is Cc1nn(S(=O)(=O)c2ccc(F)cc2)c(C)c1Sc1ccccc1[N+](=O)[O-]. The van der Waals surface area contributed by atoms with Gasteiger partial charge in [0.15, 0.2) is 0 Å². The fourth-order valence-corrected chi connectivity index (χ4v) is 4.95. The van der Waals surface area contributed by atoms with Crippen molar-refractivity contribution < 1.29 is 17.7 Å². The minimum Gasteiger partial charge on any atom is -0.258 e. The van der Waals surface area contributed by atoms with Crippen LogP contribution in [0.5, 0.6) is 0 Å². The molecular weight excluding hydrogens is 393 g/mol. The van der Waals surface area contributed by atoms with Crippen LogP contribution in [0.1, 0.15) is 11.4 Å². The predicted molar refractivity (Wildman–Crippen MR) is 97.9 cm³/mol. The van der Waals surface area contributed by atoms with Crippen LogP contribution in [-0.4, -0.2) is 22.5 Å². The number of rotatable bonds is 5. The lowest BCUT2D eigenvalue weighted by Crippen LogP contribution is -2.16. The van der Waals surface area contributed by atoms with Gasteiger partial charge in [0.1, 0.15) is 5.82 Å². The molecule has 140 valence electrons. The second kappa shape index (κ2) is 7.12. The van der Waals surface area contributed by atoms with Gasteiger partial charge in [0.25, 0.3) is 15.7 Å². The van der Waals surface area contributed by atoms with Crippen LogP contribution in [0.3, 0.4) is 0 Å². The molecule has 27 heavy (non-hydrogen) atoms. The Morgan fingerprint density at radius 1 is 1.11 bits per heavy atom. The minimum atomic E-state index is -4.02. The lowest BCUT2D eigenvalue weighted by atomic mass is 10.3. The van der Waals surface area contributed by atoms with Crippen molar-refractivity contribution in [1.82, 2.24) is 9.19 Å². The Hall–Kier alpha value is -2.72. The molecule has 0 amide bonds. The van der Waals surface area contributed by atoms with E-state index in [4.69, 9.17) is 0 Å². The number of benzene rings is 2. The summed E-state index contributed by atoms with van der Waals surface area (Å²) in [7, 11) is -4.02. The van der Waals surface area contributed by atoms with Crippen LogP contribution >= 0.6 is 11.8 Å². The van der Waals surface area contributed by atoms with Gasteiger partial charge < -0.3 is 0 Å². The van der Waals surface area contributed by atoms with Gasteiger partial charge in [-0.1, -0.05) is 23.9 Å². The van der Waals surface area contributed by atoms with E-state index in [-0.39, 0.29) is 10.6 Å². The zero-order valence-corrected chi connectivity index (χ0v) is 15.9. The van der Waals surface area contributed by atoms with Gasteiger partial charge in [-0.15, -0.1) is 0 Å². The highest BCUT2D eigenvalue weighted by atomic mass is 32.2. The zero-order chi connectivity index (χ0) is 19.8. The number of nitro benzene ring substituents is 1. The van der Waals surface area contributed by atoms with Crippen molar-refractivity contribution in [1.29, 1.82) is 0 Å². The molecule has 0 saturated heterocycles. The summed E-state index contributed by atoms with van der Waals surface area (Å²) in [5, 5.41) is 15.3. The Kier molecular flexibility index (Phi) is 5.03. The summed E-state index contributed by atoms with van der Waals surface area (Å²) in [6, 6.07) is 10.6. The number of halogens is 1. The molecule has 0 unspecified atom stereocenters. The highest BCUT2D eigenvalue weighted by Gasteiger charge is 2.25. The first-order valence-electron chi connectivity index (χ1n) is 7.70. The lowest BCUT2D eigenvalue weighted by molar-refractivity contribution is -0.387. The van der Waals surface area contributed by atoms with Crippen molar-refractivity contribution in [3.63, 3.8) is 0 Å². The maximum atomic E-state index is 13.1. The number of nitro groups is 1. The number of para-hydroxylation sites is 1. The van der Waals surface area contributed by atoms with Gasteiger partial charge in [0, 0.05) is 6.07 Å². The third-order valence-corrected chi connectivity index (χ3v) is 6.84. The predicted octanol–water partition coefficient (Wildman–Crippen LogP) is 3.94. The van der Waals surface area contributed by atoms with Gasteiger partial charge in [0.2, 0.25) is 0 Å². The largest absolute Gasteiger partial charge is 0.283 e. The molecule has 0 N–H and O–H groups in total. The standard InChI is InChI=1S/C17H14FN3O4S2/c1-11-17(26-16-6-4-3-5-15(16)21(22)23)12(2)20(19-11)27(24,25)14-9-7-13(18)8-10-14/h3-10H,1-2H3. The van der Waals surface area contributed by atoms with Gasteiger partial charge >= 0.3 is 0 Å². The number of hydrogen-bond donors (Lipinski definition) is 0. The van der Waals surface area contributed by atoms with E-state index >= 15 is 0 Å². The van der Waals surface area contributed by atoms with Crippen molar-refractivity contribution in [2.24, 2.45) is 0 Å². The molecule has 3 rings (SSSR count). The van der Waals surface area contributed by atoms with Crippen LogP contribution in [0.15, 0.2) is 63.2 Å². The fourth-order valence-electron chi connectivity index (χ4n) is 2.50. The van der Waals surface area contributed by atoms with Crippen LogP contribution in [0, 0.1) is 29.8 Å². The van der Waals surface area contributed by atoms with Crippen molar-refractivity contribution in [3.8, 4) is 0 Å². The third-order valence-electron chi connectivity index (χ3n) is 3.80. The highest BCUT2D eigenvalue weighted by Crippen LogP contribution is 2.38. The lowest BCUT2D eigenvalue weighted by Gasteiger charge is -2.07. The molecule has 2 aromatic carbocycles. The molecule has 1 aromatic heterocycles. The average molecular weight is 407 g/mol. The first-order chi connectivity index (χ1) is 12.7. The second-order valence-electron chi connectivity index (χ2n) is 5.63. The summed E-state index contributed by atoms with van der Waals surface area (Å²) in [4.78, 5) is 11.5. The van der Waals surface area contributed by atoms with Crippen molar-refractivity contribution in [3.05, 3.63) is 75.9 Å². The number of aryl methyl sites for hydroxylation is 1. The Labute approximate surface area is 159 Å². The van der Waals surface area contributed by atoms with E-state index in [1.54, 1.807) is 32.0 Å². The van der Waals surface area contributed by atoms with Crippen LogP contribution < -0.4 is 0 Å². The quantitative estimate of drug-likeness (QED) is 0.470. The van der Waals surface area contributed by atoms with Crippen LogP contribution in [-0.2, 0) is 10.0 Å². The molecule has 0 fully saturated rings. The van der Waals surface area contributed by atoms with Crippen molar-refractivity contribution in [2.45, 2.75) is 28.5 Å². The molecular formula is C17H14FN3O4S2. The Morgan fingerprint density at radius 2 is 1.74 bits per heavy atom. The summed E-state index contributed by atoms with van der Waals surface area (Å²) < 4.78 is 39.6. The number of aromatic nitrogens is 2. The van der Waals surface area contributed by atoms with Crippen LogP contribution in [0.25, 0.3) is 0 Å². The Balaban J connectivity index is 2.06. The average Bonchev–Trinajstić information content (AvgIpc) is 2.91. The number of hydrogen-bond acceptors (Lipinski definition) is 6. The van der Waals surface area contributed by atoms with Crippen LogP contribution in [0.2, 0.25) is 0 Å². The smallest absolute Gasteiger partial charge is 0.258 e. The van der Waals surface area contributed by atoms with E-state index in [0.29, 0.717) is 21.2 Å². The molecule has 0 aliphatic rings. The molecule has 7 nitrogen and oxygen atoms in total. The molecule has 3 aromatic rings. The van der Waals surface area contributed by atoms with Gasteiger partial charge in [0.05, 0.1) is 31.0 Å². The van der Waals surface area contributed by atoms with E-state index in [1.807, 2.05) is 0 Å². The molecule has 0 atom stereocenters. The summed E-state index contributed by atoms with van der Waals surface area (Å²) in [5.41, 5.74) is 0.664. The van der Waals surface area contributed by atoms with Gasteiger partial charge in [-0.3, -0.25) is 10.1 Å². The van der Waals surface area contributed by atoms with Crippen LogP contribution in [0.4, 0.5) is 10.1 Å². The summed E-state index contributed by atoms with van der Waals surface area (Å²) in [6.45, 7) is 3.19. The molecule has 0 aliphatic carbocycles. The summed E-state index contributed by atoms with van der Waals surface area (Å²) >= 11 is 1.08. The minimum absolute atomic E-state index is 0.0737. The summed E-state index contributed by atoms with van der Waals surface area (Å²) in [5.74, 6) is -0.546. The first kappa shape index (κ1) is 19.1. The van der Waals surface area contributed by atoms with E-state index in [1.165, 1.54) is 6.07 Å². The molecule has 0 saturated carbocycles. The molecule has 10 heteroatoms. The zero-order valence-electron chi connectivity index (χ0n) is 14.3. The second-order valence-corrected chi connectivity index (χ2v) is 8.45. The summed E-state index contributed by atoms with van der Waals surface area (Å²) in [6.07, 6.45) is 0. The third kappa shape index (κ3) is 3.58. The van der Waals surface area contributed by atoms with Crippen molar-refractivity contribution in [2.75, 3.05) is 0 Å². The normalized spacial score (nSPS) is 11.5. The van der Waals surface area contributed by atoms with Crippen molar-refractivity contribution >= 4 is 27.5 Å². The monoisotopic (exact) mass is 407 g/mol. The molecule has 0 spiro atoms. The van der Waals surface area contributed by atoms with Gasteiger partial charge in [-0.05, 0) is 44.2 Å². The molecule has 0 aliphatic heterocycles. The molecule has 0 radical (unpaired) electrons. The number of nitrogens with zero attached hydrogens (tertiary/aromatic N) is 3. The molecule has 1 heterocycles. The first-order valence-corrected chi connectivity index (χ1v) is 9.96. The van der Waals surface area contributed by atoms with Gasteiger partial charge in [-0.25, -0.2) is 4.39 Å². The van der Waals surface area contributed by atoms with Gasteiger partial charge in [-0.2, -0.15) is 17.6 Å². The van der Waals surface area contributed by atoms with E-state index in [2.05, 4.69) is 5.10 Å². The molecule has 0 bridgehead atoms. The van der Waals surface area contributed by atoms with E-state index < -0.39 is 20.8 Å². The fraction of sp³-hybridized carbons (Fsp3) is 0.118. The maximum absolute atomic E-state index is 13.1. The Morgan fingerprint density at radius 3 is 2.37 bits per heavy atom. The topological polar surface area (TPSA) is 95.1 Å².